The van der Waals surface area contributed by atoms with Crippen molar-refractivity contribution in [3.05, 3.63) is 53.9 Å². The number of hydrogen-bond acceptors (Lipinski definition) is 3. The quantitative estimate of drug-likeness (QED) is 0.815. The molecule has 0 spiro atoms. The van der Waals surface area contributed by atoms with Crippen molar-refractivity contribution in [3.63, 3.8) is 0 Å². The van der Waals surface area contributed by atoms with E-state index < -0.39 is 0 Å². The number of ether oxygens (including phenoxy) is 1. The van der Waals surface area contributed by atoms with Crippen LogP contribution in [0.3, 0.4) is 0 Å². The zero-order valence-electron chi connectivity index (χ0n) is 10.4. The summed E-state index contributed by atoms with van der Waals surface area (Å²) in [4.78, 5) is 3.95. The molecule has 3 heteroatoms. The third-order valence-electron chi connectivity index (χ3n) is 2.65. The Kier molecular flexibility index (Phi) is 3.59. The Morgan fingerprint density at radius 3 is 2.50 bits per heavy atom. The second-order valence-corrected chi connectivity index (χ2v) is 4.29. The van der Waals surface area contributed by atoms with Gasteiger partial charge in [0, 0.05) is 6.20 Å². The van der Waals surface area contributed by atoms with Crippen molar-refractivity contribution < 1.29 is 4.74 Å². The lowest BCUT2D eigenvalue weighted by Gasteiger charge is -2.09. The van der Waals surface area contributed by atoms with E-state index in [2.05, 4.69) is 18.8 Å². The van der Waals surface area contributed by atoms with Gasteiger partial charge in [0.05, 0.1) is 0 Å². The monoisotopic (exact) mass is 238 g/mol. The highest BCUT2D eigenvalue weighted by atomic mass is 16.5. The van der Waals surface area contributed by atoms with Crippen molar-refractivity contribution in [2.24, 2.45) is 0 Å². The highest BCUT2D eigenvalue weighted by molar-refractivity contribution is 5.40. The lowest BCUT2D eigenvalue weighted by Crippen LogP contribution is -1.91. The minimum absolute atomic E-state index is 0.297. The molecule has 0 saturated heterocycles. The van der Waals surface area contributed by atoms with E-state index in [-0.39, 0.29) is 0 Å². The molecule has 0 N–H and O–H groups in total. The SMILES string of the molecule is CC(C)c1ccc(Oc2cccnc2C#N)cc1. The van der Waals surface area contributed by atoms with Crippen LogP contribution in [-0.4, -0.2) is 4.98 Å². The van der Waals surface area contributed by atoms with Gasteiger partial charge in [-0.05, 0) is 35.7 Å². The molecule has 0 bridgehead atoms. The van der Waals surface area contributed by atoms with Gasteiger partial charge < -0.3 is 4.74 Å². The average Bonchev–Trinajstić information content (AvgIpc) is 2.40. The van der Waals surface area contributed by atoms with E-state index in [9.17, 15) is 0 Å². The smallest absolute Gasteiger partial charge is 0.183 e. The van der Waals surface area contributed by atoms with E-state index in [1.807, 2.05) is 30.3 Å². The zero-order valence-corrected chi connectivity index (χ0v) is 10.4. The molecule has 3 nitrogen and oxygen atoms in total. The summed E-state index contributed by atoms with van der Waals surface area (Å²) in [6.45, 7) is 4.29. The first kappa shape index (κ1) is 12.1. The van der Waals surface area contributed by atoms with Crippen molar-refractivity contribution in [2.45, 2.75) is 19.8 Å². The molecular formula is C15H14N2O. The topological polar surface area (TPSA) is 45.9 Å². The molecule has 1 aromatic carbocycles. The summed E-state index contributed by atoms with van der Waals surface area (Å²) in [6.07, 6.45) is 1.58. The van der Waals surface area contributed by atoms with Crippen LogP contribution < -0.4 is 4.74 Å². The minimum atomic E-state index is 0.297. The fraction of sp³-hybridized carbons (Fsp3) is 0.200. The Morgan fingerprint density at radius 1 is 1.17 bits per heavy atom. The van der Waals surface area contributed by atoms with E-state index in [4.69, 9.17) is 10.00 Å². The van der Waals surface area contributed by atoms with Gasteiger partial charge in [0.25, 0.3) is 0 Å². The van der Waals surface area contributed by atoms with Gasteiger partial charge in [0.15, 0.2) is 11.4 Å². The van der Waals surface area contributed by atoms with E-state index in [1.165, 1.54) is 5.56 Å². The Labute approximate surface area is 107 Å². The van der Waals surface area contributed by atoms with Crippen molar-refractivity contribution in [1.29, 1.82) is 5.26 Å². The summed E-state index contributed by atoms with van der Waals surface area (Å²) < 4.78 is 5.65. The molecule has 0 aliphatic heterocycles. The third-order valence-corrected chi connectivity index (χ3v) is 2.65. The number of benzene rings is 1. The zero-order chi connectivity index (χ0) is 13.0. The Hall–Kier alpha value is -2.34. The Morgan fingerprint density at radius 2 is 1.89 bits per heavy atom. The fourth-order valence-electron chi connectivity index (χ4n) is 1.60. The summed E-state index contributed by atoms with van der Waals surface area (Å²) in [5, 5.41) is 8.92. The van der Waals surface area contributed by atoms with Crippen molar-refractivity contribution in [2.75, 3.05) is 0 Å². The first-order valence-corrected chi connectivity index (χ1v) is 5.83. The van der Waals surface area contributed by atoms with Crippen LogP contribution in [-0.2, 0) is 0 Å². The van der Waals surface area contributed by atoms with Crippen LogP contribution in [0.15, 0.2) is 42.6 Å². The van der Waals surface area contributed by atoms with Crippen molar-refractivity contribution in [1.82, 2.24) is 4.98 Å². The molecule has 0 unspecified atom stereocenters. The van der Waals surface area contributed by atoms with E-state index in [0.717, 1.165) is 0 Å². The van der Waals surface area contributed by atoms with Crippen LogP contribution in [0.1, 0.15) is 31.0 Å². The van der Waals surface area contributed by atoms with Crippen LogP contribution in [0.4, 0.5) is 0 Å². The van der Waals surface area contributed by atoms with Gasteiger partial charge in [0.1, 0.15) is 11.8 Å². The second kappa shape index (κ2) is 5.33. The van der Waals surface area contributed by atoms with Gasteiger partial charge in [-0.2, -0.15) is 5.26 Å². The van der Waals surface area contributed by atoms with E-state index in [0.29, 0.717) is 23.1 Å². The van der Waals surface area contributed by atoms with Gasteiger partial charge in [-0.25, -0.2) is 4.98 Å². The minimum Gasteiger partial charge on any atom is -0.454 e. The van der Waals surface area contributed by atoms with E-state index >= 15 is 0 Å². The first-order valence-electron chi connectivity index (χ1n) is 5.83. The molecule has 90 valence electrons. The number of hydrogen-bond donors (Lipinski definition) is 0. The van der Waals surface area contributed by atoms with Crippen molar-refractivity contribution in [3.8, 4) is 17.6 Å². The summed E-state index contributed by atoms with van der Waals surface area (Å²) in [5.74, 6) is 1.69. The highest BCUT2D eigenvalue weighted by Gasteiger charge is 2.05. The lowest BCUT2D eigenvalue weighted by molar-refractivity contribution is 0.478. The second-order valence-electron chi connectivity index (χ2n) is 4.29. The predicted molar refractivity (Wildman–Crippen MR) is 69.6 cm³/mol. The van der Waals surface area contributed by atoms with Crippen LogP contribution in [0, 0.1) is 11.3 Å². The molecule has 0 aliphatic carbocycles. The Bertz CT molecular complexity index is 568. The molecule has 2 rings (SSSR count). The standard InChI is InChI=1S/C15H14N2O/c1-11(2)12-5-7-13(8-6-12)18-15-4-3-9-17-14(15)10-16/h3-9,11H,1-2H3. The van der Waals surface area contributed by atoms with Gasteiger partial charge in [-0.3, -0.25) is 0 Å². The summed E-state index contributed by atoms with van der Waals surface area (Å²) in [7, 11) is 0. The number of nitrogens with zero attached hydrogens (tertiary/aromatic N) is 2. The number of aromatic nitrogens is 1. The molecule has 2 aromatic rings. The molecular weight excluding hydrogens is 224 g/mol. The summed E-state index contributed by atoms with van der Waals surface area (Å²) in [5.41, 5.74) is 1.56. The third kappa shape index (κ3) is 2.67. The largest absolute Gasteiger partial charge is 0.454 e. The van der Waals surface area contributed by atoms with Crippen LogP contribution >= 0.6 is 0 Å². The molecule has 1 heterocycles. The van der Waals surface area contributed by atoms with E-state index in [1.54, 1.807) is 18.3 Å². The van der Waals surface area contributed by atoms with Crippen molar-refractivity contribution >= 4 is 0 Å². The average molecular weight is 238 g/mol. The number of pyridine rings is 1. The maximum absolute atomic E-state index is 8.92. The number of rotatable bonds is 3. The summed E-state index contributed by atoms with van der Waals surface area (Å²) >= 11 is 0. The molecule has 0 amide bonds. The fourth-order valence-corrected chi connectivity index (χ4v) is 1.60. The normalized spacial score (nSPS) is 10.1. The molecule has 0 radical (unpaired) electrons. The maximum atomic E-state index is 8.92. The van der Waals surface area contributed by atoms with Gasteiger partial charge >= 0.3 is 0 Å². The first-order chi connectivity index (χ1) is 8.70. The number of nitriles is 1. The van der Waals surface area contributed by atoms with Crippen LogP contribution in [0.5, 0.6) is 11.5 Å². The highest BCUT2D eigenvalue weighted by Crippen LogP contribution is 2.25. The van der Waals surface area contributed by atoms with Crippen LogP contribution in [0.25, 0.3) is 0 Å². The Balaban J connectivity index is 2.22. The molecule has 0 saturated carbocycles. The molecule has 0 aliphatic rings. The summed E-state index contributed by atoms with van der Waals surface area (Å²) in [6, 6.07) is 13.4. The maximum Gasteiger partial charge on any atom is 0.183 e. The predicted octanol–water partition coefficient (Wildman–Crippen LogP) is 3.87. The van der Waals surface area contributed by atoms with Gasteiger partial charge in [0.2, 0.25) is 0 Å². The van der Waals surface area contributed by atoms with Gasteiger partial charge in [-0.15, -0.1) is 0 Å². The molecule has 18 heavy (non-hydrogen) atoms. The lowest BCUT2D eigenvalue weighted by atomic mass is 10.0. The van der Waals surface area contributed by atoms with Gasteiger partial charge in [-0.1, -0.05) is 26.0 Å². The molecule has 0 atom stereocenters. The van der Waals surface area contributed by atoms with Crippen LogP contribution in [0.2, 0.25) is 0 Å². The molecule has 0 fully saturated rings. The molecule has 1 aromatic heterocycles.